The van der Waals surface area contributed by atoms with Gasteiger partial charge in [0, 0.05) is 31.0 Å². The summed E-state index contributed by atoms with van der Waals surface area (Å²) in [6.07, 6.45) is 0. The van der Waals surface area contributed by atoms with Crippen molar-refractivity contribution in [2.75, 3.05) is 50.1 Å². The summed E-state index contributed by atoms with van der Waals surface area (Å²) in [4.78, 5) is 16.8. The van der Waals surface area contributed by atoms with E-state index in [1.165, 1.54) is 22.0 Å². The number of benzene rings is 3. The van der Waals surface area contributed by atoms with E-state index in [4.69, 9.17) is 4.74 Å². The number of amides is 1. The maximum absolute atomic E-state index is 12.4. The van der Waals surface area contributed by atoms with Gasteiger partial charge >= 0.3 is 0 Å². The molecule has 29 heavy (non-hydrogen) atoms. The first kappa shape index (κ1) is 19.4. The Bertz CT molecular complexity index is 965. The van der Waals surface area contributed by atoms with Gasteiger partial charge in [0.25, 0.3) is 0 Å². The van der Waals surface area contributed by atoms with Crippen LogP contribution in [0.4, 0.5) is 11.4 Å². The van der Waals surface area contributed by atoms with Gasteiger partial charge in [0.1, 0.15) is 0 Å². The van der Waals surface area contributed by atoms with E-state index in [-0.39, 0.29) is 5.91 Å². The van der Waals surface area contributed by atoms with Crippen LogP contribution in [0, 0.1) is 0 Å². The quantitative estimate of drug-likeness (QED) is 0.697. The highest BCUT2D eigenvalue weighted by molar-refractivity contribution is 5.92. The first-order valence-corrected chi connectivity index (χ1v) is 10.1. The molecule has 0 aromatic heterocycles. The summed E-state index contributed by atoms with van der Waals surface area (Å²) in [5, 5.41) is 5.45. The topological polar surface area (TPSA) is 44.8 Å². The fourth-order valence-electron chi connectivity index (χ4n) is 3.73. The number of rotatable bonds is 6. The van der Waals surface area contributed by atoms with E-state index >= 15 is 0 Å². The molecule has 1 fully saturated rings. The third-order valence-corrected chi connectivity index (χ3v) is 5.21. The number of carbonyl (C=O) groups is 1. The van der Waals surface area contributed by atoms with Gasteiger partial charge in [-0.25, -0.2) is 0 Å². The molecular formula is C24H27N3O2. The summed E-state index contributed by atoms with van der Waals surface area (Å²) in [6.45, 7) is 4.42. The molecule has 0 bridgehead atoms. The van der Waals surface area contributed by atoms with Crippen LogP contribution in [-0.4, -0.2) is 50.7 Å². The lowest BCUT2D eigenvalue weighted by atomic mass is 10.1. The Morgan fingerprint density at radius 3 is 2.48 bits per heavy atom. The maximum atomic E-state index is 12.4. The van der Waals surface area contributed by atoms with Gasteiger partial charge in [0.15, 0.2) is 0 Å². The first-order chi connectivity index (χ1) is 14.2. The van der Waals surface area contributed by atoms with Crippen molar-refractivity contribution in [2.45, 2.75) is 6.54 Å². The van der Waals surface area contributed by atoms with E-state index in [0.29, 0.717) is 6.54 Å². The zero-order valence-electron chi connectivity index (χ0n) is 16.8. The average Bonchev–Trinajstić information content (AvgIpc) is 2.74. The molecule has 0 spiro atoms. The minimum Gasteiger partial charge on any atom is -0.378 e. The largest absolute Gasteiger partial charge is 0.378 e. The highest BCUT2D eigenvalue weighted by atomic mass is 16.5. The highest BCUT2D eigenvalue weighted by Crippen LogP contribution is 2.19. The van der Waals surface area contributed by atoms with Crippen LogP contribution in [0.1, 0.15) is 5.56 Å². The van der Waals surface area contributed by atoms with Crippen molar-refractivity contribution in [1.82, 2.24) is 4.90 Å². The summed E-state index contributed by atoms with van der Waals surface area (Å²) in [5.41, 5.74) is 3.19. The minimum atomic E-state index is -0.00703. The third kappa shape index (κ3) is 5.13. The number of likely N-dealkylation sites (N-methyl/N-ethyl adjacent to an activating group) is 1. The van der Waals surface area contributed by atoms with Crippen LogP contribution in [0.25, 0.3) is 10.8 Å². The van der Waals surface area contributed by atoms with Gasteiger partial charge in [-0.1, -0.05) is 36.4 Å². The Kier molecular flexibility index (Phi) is 6.08. The lowest BCUT2D eigenvalue weighted by Gasteiger charge is -2.28. The normalized spacial score (nSPS) is 14.3. The number of anilines is 2. The highest BCUT2D eigenvalue weighted by Gasteiger charge is 2.12. The van der Waals surface area contributed by atoms with Gasteiger partial charge in [0.2, 0.25) is 5.91 Å². The van der Waals surface area contributed by atoms with Gasteiger partial charge in [-0.15, -0.1) is 0 Å². The molecule has 1 heterocycles. The number of carbonyl (C=O) groups excluding carboxylic acids is 1. The van der Waals surface area contributed by atoms with Gasteiger partial charge in [-0.2, -0.15) is 0 Å². The second kappa shape index (κ2) is 9.07. The zero-order valence-corrected chi connectivity index (χ0v) is 16.8. The third-order valence-electron chi connectivity index (χ3n) is 5.21. The van der Waals surface area contributed by atoms with Crippen LogP contribution in [0.15, 0.2) is 66.7 Å². The molecule has 0 aliphatic carbocycles. The molecule has 0 atom stereocenters. The molecule has 1 saturated heterocycles. The number of morpholine rings is 1. The Balaban J connectivity index is 1.30. The van der Waals surface area contributed by atoms with E-state index in [0.717, 1.165) is 38.5 Å². The minimum absolute atomic E-state index is 0.00703. The molecule has 1 N–H and O–H groups in total. The first-order valence-electron chi connectivity index (χ1n) is 10.1. The number of hydrogen-bond acceptors (Lipinski definition) is 4. The SMILES string of the molecule is CN(CC(=O)Nc1ccc(N2CCOCC2)cc1)Cc1ccc2ccccc2c1. The molecule has 3 aromatic rings. The fraction of sp³-hybridized carbons (Fsp3) is 0.292. The summed E-state index contributed by atoms with van der Waals surface area (Å²) >= 11 is 0. The Labute approximate surface area is 171 Å². The average molecular weight is 389 g/mol. The second-order valence-electron chi connectivity index (χ2n) is 7.55. The zero-order chi connectivity index (χ0) is 20.1. The summed E-state index contributed by atoms with van der Waals surface area (Å²) in [6, 6.07) is 22.8. The molecule has 1 aliphatic heterocycles. The fourth-order valence-corrected chi connectivity index (χ4v) is 3.73. The van der Waals surface area contributed by atoms with Crippen molar-refractivity contribution >= 4 is 28.1 Å². The maximum Gasteiger partial charge on any atom is 0.238 e. The molecule has 0 unspecified atom stereocenters. The number of fused-ring (bicyclic) bond motifs is 1. The van der Waals surface area contributed by atoms with E-state index in [1.807, 2.05) is 36.2 Å². The number of hydrogen-bond donors (Lipinski definition) is 1. The molecular weight excluding hydrogens is 362 g/mol. The summed E-state index contributed by atoms with van der Waals surface area (Å²) < 4.78 is 5.39. The molecule has 0 saturated carbocycles. The van der Waals surface area contributed by atoms with Crippen molar-refractivity contribution in [3.8, 4) is 0 Å². The van der Waals surface area contributed by atoms with Crippen LogP contribution in [0.5, 0.6) is 0 Å². The Morgan fingerprint density at radius 1 is 1.00 bits per heavy atom. The smallest absolute Gasteiger partial charge is 0.238 e. The van der Waals surface area contributed by atoms with Gasteiger partial charge in [-0.3, -0.25) is 9.69 Å². The number of ether oxygens (including phenoxy) is 1. The lowest BCUT2D eigenvalue weighted by molar-refractivity contribution is -0.117. The molecule has 5 nitrogen and oxygen atoms in total. The molecule has 1 aliphatic rings. The van der Waals surface area contributed by atoms with Crippen molar-refractivity contribution < 1.29 is 9.53 Å². The lowest BCUT2D eigenvalue weighted by Crippen LogP contribution is -2.36. The monoisotopic (exact) mass is 389 g/mol. The molecule has 5 heteroatoms. The molecule has 0 radical (unpaired) electrons. The van der Waals surface area contributed by atoms with E-state index < -0.39 is 0 Å². The summed E-state index contributed by atoms with van der Waals surface area (Å²) in [7, 11) is 1.97. The molecule has 3 aromatic carbocycles. The second-order valence-corrected chi connectivity index (χ2v) is 7.55. The Hall–Kier alpha value is -2.89. The van der Waals surface area contributed by atoms with Crippen molar-refractivity contribution in [3.05, 3.63) is 72.3 Å². The van der Waals surface area contributed by atoms with Gasteiger partial charge < -0.3 is 15.0 Å². The van der Waals surface area contributed by atoms with E-state index in [2.05, 4.69) is 52.7 Å². The Morgan fingerprint density at radius 2 is 1.72 bits per heavy atom. The summed E-state index contributed by atoms with van der Waals surface area (Å²) in [5.74, 6) is -0.00703. The standard InChI is InChI=1S/C24H27N3O2/c1-26(17-19-6-7-20-4-2-3-5-21(20)16-19)18-24(28)25-22-8-10-23(11-9-22)27-12-14-29-15-13-27/h2-11,16H,12-15,17-18H2,1H3,(H,25,28). The van der Waals surface area contributed by atoms with Crippen LogP contribution in [-0.2, 0) is 16.1 Å². The predicted octanol–water partition coefficient (Wildman–Crippen LogP) is 3.75. The van der Waals surface area contributed by atoms with Crippen LogP contribution in [0.2, 0.25) is 0 Å². The van der Waals surface area contributed by atoms with Gasteiger partial charge in [0.05, 0.1) is 19.8 Å². The van der Waals surface area contributed by atoms with E-state index in [1.54, 1.807) is 0 Å². The number of nitrogens with one attached hydrogen (secondary N) is 1. The van der Waals surface area contributed by atoms with E-state index in [9.17, 15) is 4.79 Å². The predicted molar refractivity (Wildman–Crippen MR) is 118 cm³/mol. The van der Waals surface area contributed by atoms with Crippen LogP contribution < -0.4 is 10.2 Å². The van der Waals surface area contributed by atoms with Crippen molar-refractivity contribution in [2.24, 2.45) is 0 Å². The molecule has 1 amide bonds. The molecule has 150 valence electrons. The van der Waals surface area contributed by atoms with Crippen LogP contribution >= 0.6 is 0 Å². The van der Waals surface area contributed by atoms with Crippen molar-refractivity contribution in [1.29, 1.82) is 0 Å². The van der Waals surface area contributed by atoms with Crippen molar-refractivity contribution in [3.63, 3.8) is 0 Å². The number of nitrogens with zero attached hydrogens (tertiary/aromatic N) is 2. The molecule has 4 rings (SSSR count). The van der Waals surface area contributed by atoms with Crippen LogP contribution in [0.3, 0.4) is 0 Å². The van der Waals surface area contributed by atoms with Gasteiger partial charge in [-0.05, 0) is 53.7 Å².